The van der Waals surface area contributed by atoms with Gasteiger partial charge in [0.15, 0.2) is 13.2 Å². The van der Waals surface area contributed by atoms with Gasteiger partial charge in [-0.15, -0.1) is 0 Å². The number of carbonyl (C=O) groups is 2. The predicted octanol–water partition coefficient (Wildman–Crippen LogP) is 4.21. The zero-order valence-corrected chi connectivity index (χ0v) is 17.1. The van der Waals surface area contributed by atoms with Crippen LogP contribution < -0.4 is 14.8 Å². The molecule has 0 spiro atoms. The van der Waals surface area contributed by atoms with Crippen LogP contribution >= 0.6 is 11.6 Å². The normalized spacial score (nSPS) is 10.9. The van der Waals surface area contributed by atoms with E-state index in [4.69, 9.17) is 25.8 Å². The highest BCUT2D eigenvalue weighted by atomic mass is 35.5. The monoisotopic (exact) mass is 405 g/mol. The van der Waals surface area contributed by atoms with Gasteiger partial charge in [-0.05, 0) is 41.3 Å². The number of nitrogens with one attached hydrogen (secondary N) is 1. The summed E-state index contributed by atoms with van der Waals surface area (Å²) in [5.41, 5.74) is 1.60. The lowest BCUT2D eigenvalue weighted by Crippen LogP contribution is -2.23. The van der Waals surface area contributed by atoms with Gasteiger partial charge < -0.3 is 19.5 Å². The molecule has 6 nitrogen and oxygen atoms in total. The van der Waals surface area contributed by atoms with Gasteiger partial charge in [0, 0.05) is 5.02 Å². The van der Waals surface area contributed by atoms with Crippen LogP contribution in [0.5, 0.6) is 11.5 Å². The van der Waals surface area contributed by atoms with Crippen molar-refractivity contribution in [1.29, 1.82) is 0 Å². The molecular formula is C21H24ClNO5. The largest absolute Gasteiger partial charge is 0.495 e. The summed E-state index contributed by atoms with van der Waals surface area (Å²) in [5, 5.41) is 3.03. The van der Waals surface area contributed by atoms with Crippen molar-refractivity contribution >= 4 is 29.2 Å². The van der Waals surface area contributed by atoms with Crippen molar-refractivity contribution < 1.29 is 23.8 Å². The molecule has 2 aromatic rings. The summed E-state index contributed by atoms with van der Waals surface area (Å²) < 4.78 is 15.5. The number of ether oxygens (including phenoxy) is 3. The molecule has 0 aliphatic rings. The first kappa shape index (κ1) is 21.6. The van der Waals surface area contributed by atoms with Gasteiger partial charge in [-0.3, -0.25) is 4.79 Å². The molecular weight excluding hydrogens is 382 g/mol. The average Bonchev–Trinajstić information content (AvgIpc) is 2.64. The van der Waals surface area contributed by atoms with Crippen molar-refractivity contribution in [2.24, 2.45) is 0 Å². The second kappa shape index (κ2) is 9.46. The lowest BCUT2D eigenvalue weighted by atomic mass is 9.87. The Labute approximate surface area is 169 Å². The average molecular weight is 406 g/mol. The standard InChI is InChI=1S/C21H24ClNO5/c1-21(2,3)14-5-8-16(9-6-14)27-13-20(25)28-12-19(24)23-17-11-15(22)7-10-18(17)26-4/h5-11H,12-13H2,1-4H3,(H,23,24). The summed E-state index contributed by atoms with van der Waals surface area (Å²) in [5.74, 6) is -0.152. The fourth-order valence-corrected chi connectivity index (χ4v) is 2.52. The summed E-state index contributed by atoms with van der Waals surface area (Å²) in [6, 6.07) is 12.3. The SMILES string of the molecule is COc1ccc(Cl)cc1NC(=O)COC(=O)COc1ccc(C(C)(C)C)cc1. The van der Waals surface area contributed by atoms with Gasteiger partial charge in [-0.1, -0.05) is 44.5 Å². The first-order valence-electron chi connectivity index (χ1n) is 8.71. The minimum absolute atomic E-state index is 0.0382. The third kappa shape index (κ3) is 6.46. The highest BCUT2D eigenvalue weighted by Gasteiger charge is 2.14. The lowest BCUT2D eigenvalue weighted by molar-refractivity contribution is -0.149. The molecule has 0 heterocycles. The number of rotatable bonds is 7. The van der Waals surface area contributed by atoms with Crippen molar-refractivity contribution in [3.05, 3.63) is 53.1 Å². The molecule has 1 amide bonds. The van der Waals surface area contributed by atoms with Gasteiger partial charge in [0.2, 0.25) is 0 Å². The minimum Gasteiger partial charge on any atom is -0.495 e. The molecule has 2 aromatic carbocycles. The van der Waals surface area contributed by atoms with E-state index in [1.54, 1.807) is 30.3 Å². The topological polar surface area (TPSA) is 73.9 Å². The summed E-state index contributed by atoms with van der Waals surface area (Å²) >= 11 is 5.91. The zero-order valence-electron chi connectivity index (χ0n) is 16.4. The molecule has 0 saturated heterocycles. The third-order valence-electron chi connectivity index (χ3n) is 3.88. The van der Waals surface area contributed by atoms with Crippen LogP contribution in [-0.2, 0) is 19.7 Å². The Morgan fingerprint density at radius 2 is 1.71 bits per heavy atom. The van der Waals surface area contributed by atoms with Crippen LogP contribution in [0.4, 0.5) is 5.69 Å². The number of hydrogen-bond donors (Lipinski definition) is 1. The van der Waals surface area contributed by atoms with E-state index < -0.39 is 18.5 Å². The Bertz CT molecular complexity index is 828. The molecule has 7 heteroatoms. The van der Waals surface area contributed by atoms with Crippen LogP contribution in [0.1, 0.15) is 26.3 Å². The molecule has 0 atom stereocenters. The maximum atomic E-state index is 12.0. The first-order chi connectivity index (χ1) is 13.2. The Balaban J connectivity index is 1.79. The lowest BCUT2D eigenvalue weighted by Gasteiger charge is -2.19. The van der Waals surface area contributed by atoms with Gasteiger partial charge in [-0.25, -0.2) is 4.79 Å². The molecule has 0 fully saturated rings. The maximum Gasteiger partial charge on any atom is 0.344 e. The van der Waals surface area contributed by atoms with Crippen LogP contribution in [0, 0.1) is 0 Å². The van der Waals surface area contributed by atoms with Gasteiger partial charge in [-0.2, -0.15) is 0 Å². The van der Waals surface area contributed by atoms with Crippen molar-refractivity contribution in [1.82, 2.24) is 0 Å². The van der Waals surface area contributed by atoms with Crippen molar-refractivity contribution in [3.63, 3.8) is 0 Å². The minimum atomic E-state index is -0.645. The first-order valence-corrected chi connectivity index (χ1v) is 9.09. The number of methoxy groups -OCH3 is 1. The maximum absolute atomic E-state index is 12.0. The van der Waals surface area contributed by atoms with E-state index in [1.807, 2.05) is 12.1 Å². The van der Waals surface area contributed by atoms with E-state index in [-0.39, 0.29) is 12.0 Å². The van der Waals surface area contributed by atoms with E-state index in [9.17, 15) is 9.59 Å². The second-order valence-corrected chi connectivity index (χ2v) is 7.55. The van der Waals surface area contributed by atoms with Crippen LogP contribution in [0.25, 0.3) is 0 Å². The number of amides is 1. The number of halogens is 1. The van der Waals surface area contributed by atoms with Crippen LogP contribution in [0.2, 0.25) is 5.02 Å². The van der Waals surface area contributed by atoms with Crippen molar-refractivity contribution in [2.75, 3.05) is 25.6 Å². The van der Waals surface area contributed by atoms with Gasteiger partial charge in [0.25, 0.3) is 5.91 Å². The molecule has 0 saturated carbocycles. The number of anilines is 1. The quantitative estimate of drug-likeness (QED) is 0.698. The molecule has 0 aliphatic carbocycles. The van der Waals surface area contributed by atoms with Crippen LogP contribution in [0.15, 0.2) is 42.5 Å². The summed E-state index contributed by atoms with van der Waals surface area (Å²) in [4.78, 5) is 23.8. The van der Waals surface area contributed by atoms with Crippen LogP contribution in [-0.4, -0.2) is 32.2 Å². The van der Waals surface area contributed by atoms with Gasteiger partial charge >= 0.3 is 5.97 Å². The molecule has 28 heavy (non-hydrogen) atoms. The highest BCUT2D eigenvalue weighted by Crippen LogP contribution is 2.27. The Kier molecular flexibility index (Phi) is 7.29. The smallest absolute Gasteiger partial charge is 0.344 e. The van der Waals surface area contributed by atoms with Crippen LogP contribution in [0.3, 0.4) is 0 Å². The number of benzene rings is 2. The third-order valence-corrected chi connectivity index (χ3v) is 4.11. The number of carbonyl (C=O) groups excluding carboxylic acids is 2. The molecule has 0 bridgehead atoms. The highest BCUT2D eigenvalue weighted by molar-refractivity contribution is 6.31. The molecule has 0 radical (unpaired) electrons. The van der Waals surface area contributed by atoms with E-state index in [1.165, 1.54) is 7.11 Å². The van der Waals surface area contributed by atoms with Crippen molar-refractivity contribution in [3.8, 4) is 11.5 Å². The van der Waals surface area contributed by atoms with E-state index >= 15 is 0 Å². The number of hydrogen-bond acceptors (Lipinski definition) is 5. The fraction of sp³-hybridized carbons (Fsp3) is 0.333. The summed E-state index contributed by atoms with van der Waals surface area (Å²) in [6.45, 7) is 5.61. The molecule has 0 unspecified atom stereocenters. The molecule has 2 rings (SSSR count). The van der Waals surface area contributed by atoms with E-state index in [0.29, 0.717) is 22.2 Å². The summed E-state index contributed by atoms with van der Waals surface area (Å²) in [7, 11) is 1.48. The molecule has 150 valence electrons. The molecule has 0 aliphatic heterocycles. The van der Waals surface area contributed by atoms with Crippen molar-refractivity contribution in [2.45, 2.75) is 26.2 Å². The van der Waals surface area contributed by atoms with E-state index in [0.717, 1.165) is 5.56 Å². The Hall–Kier alpha value is -2.73. The zero-order chi connectivity index (χ0) is 20.7. The Morgan fingerprint density at radius 1 is 1.04 bits per heavy atom. The van der Waals surface area contributed by atoms with Gasteiger partial charge in [0.05, 0.1) is 12.8 Å². The summed E-state index contributed by atoms with van der Waals surface area (Å²) in [6.07, 6.45) is 0. The molecule has 0 aromatic heterocycles. The predicted molar refractivity (Wildman–Crippen MR) is 108 cm³/mol. The van der Waals surface area contributed by atoms with E-state index in [2.05, 4.69) is 26.1 Å². The second-order valence-electron chi connectivity index (χ2n) is 7.12. The Morgan fingerprint density at radius 3 is 2.32 bits per heavy atom. The fourth-order valence-electron chi connectivity index (χ4n) is 2.35. The van der Waals surface area contributed by atoms with Gasteiger partial charge in [0.1, 0.15) is 11.5 Å². The molecule has 1 N–H and O–H groups in total. The number of esters is 1.